The number of unbranched alkanes of at least 4 members (excludes halogenated alkanes) is 8. The first kappa shape index (κ1) is 95.9. The van der Waals surface area contributed by atoms with Gasteiger partial charge in [0.05, 0.1) is 119 Å². The van der Waals surface area contributed by atoms with Crippen molar-refractivity contribution < 1.29 is 136 Å². The van der Waals surface area contributed by atoms with Crippen LogP contribution in [0.4, 0.5) is 0 Å². The lowest BCUT2D eigenvalue weighted by Gasteiger charge is -2.53. The van der Waals surface area contributed by atoms with Crippen molar-refractivity contribution in [2.45, 2.75) is 370 Å². The van der Waals surface area contributed by atoms with Gasteiger partial charge in [-0.1, -0.05) is 155 Å². The van der Waals surface area contributed by atoms with Gasteiger partial charge in [0.1, 0.15) is 18.3 Å². The number of aliphatic hydroxyl groups is 7. The molecule has 0 aromatic heterocycles. The third-order valence-corrected chi connectivity index (χ3v) is 23.5. The van der Waals surface area contributed by atoms with Gasteiger partial charge in [0, 0.05) is 93.8 Å². The molecule has 0 aliphatic carbocycles. The molecule has 7 N–H and O–H groups in total. The van der Waals surface area contributed by atoms with Crippen LogP contribution in [0.2, 0.25) is 0 Å². The summed E-state index contributed by atoms with van der Waals surface area (Å²) in [4.78, 5) is 90.3. The molecule has 19 atom stereocenters. The number of aliphatic hydroxyl groups excluding tert-OH is 4. The lowest BCUT2D eigenvalue weighted by molar-refractivity contribution is -0.348. The fraction of sp³-hybridized carbons (Fsp3) is 0.759. The van der Waals surface area contributed by atoms with Crippen molar-refractivity contribution in [1.29, 1.82) is 0 Å². The van der Waals surface area contributed by atoms with Gasteiger partial charge in [-0.3, -0.25) is 19.2 Å². The van der Waals surface area contributed by atoms with Gasteiger partial charge in [0.25, 0.3) is 0 Å². The van der Waals surface area contributed by atoms with E-state index in [-0.39, 0.29) is 99.4 Å². The van der Waals surface area contributed by atoms with Crippen LogP contribution in [-0.2, 0) is 99.9 Å². The standard InChI is InChI=1S/C44H68O15.C43H66O13/c1-9-10-11-12-13-14-37(48)57-40-29(20-38(49)53-8)19-32-23-35(26-45)56-39(50)22-30(47)21-33-24-36(54-28(3)46)42(6,7)43(51,58-33)25-34-18-27(2)17-31(55-34)15-16-41(4,5)44(40,52)59-32;1-7-8-9-10-11-15-38(46)55-41-30(23-40(48)51-6)22-36-26-37(27-44)52-28(2)18-31(45)24-32-13-12-14-33(53-32)25-35-20-29(21-39(47)50-5)19-34(54-35)16-17-42(3,4)43(41,49)56-36/h15-16,20,30-36,40,45,47,51-52H,2,9-14,17-19,21-26H2,1,3-8H3;16-17,21,23,31-37,41,44-45,49H,2,7-15,18-20,22,24-27H2,1,3-6H3/b16-15+,29-20+;17-16+,29-21+,30-23+/t30-,31+,32+,33-,34+,35-,36+,40+,43-,44-;31-,32-,33+,34-,35-,36-,37+,41-,43+/m10/s1. The number of rotatable bonds is 20. The SMILES string of the molecule is C=C1C[C@H](O)C[C@@H]2CCC[C@H](C[C@@H]3C/C(=C/C(=O)OC)C[C@H](/C=C/C(C)(C)[C@]4(O)O[C@@H](C/C(=C\C(=O)OC)[C@@H]4OC(=O)CCCCCCC)C[C@H](CO)O1)O3)O2.C=C1C[C@H]2C[C@@]3(O)O[C@H](C[C@@H](O)CC(=O)O[C@@H](CO)C[C@@H]4C/C(=C\C(=O)OC)[C@H](OC(=O)CCCCCCC)[C@@](O)(O4)C(C)(C)/C=C/[C@@H](C1)O2)C[C@H](OC(C)=O)C3(C)C. The highest BCUT2D eigenvalue weighted by Crippen LogP contribution is 2.52. The molecular formula is C87H134O28. The van der Waals surface area contributed by atoms with Crippen LogP contribution in [-0.4, -0.2) is 227 Å². The van der Waals surface area contributed by atoms with Crippen molar-refractivity contribution >= 4 is 41.8 Å². The van der Waals surface area contributed by atoms with Crippen LogP contribution in [0.1, 0.15) is 255 Å². The molecule has 28 heteroatoms. The Labute approximate surface area is 679 Å². The van der Waals surface area contributed by atoms with E-state index in [0.717, 1.165) is 87.9 Å². The molecule has 12 bridgehead atoms. The zero-order chi connectivity index (χ0) is 84.6. The summed E-state index contributed by atoms with van der Waals surface area (Å²) < 4.78 is 83.3. The summed E-state index contributed by atoms with van der Waals surface area (Å²) in [7, 11) is 3.77. The van der Waals surface area contributed by atoms with E-state index in [1.165, 1.54) is 40.4 Å². The van der Waals surface area contributed by atoms with E-state index in [9.17, 15) is 69.3 Å². The van der Waals surface area contributed by atoms with E-state index in [4.69, 9.17) is 66.3 Å². The van der Waals surface area contributed by atoms with Crippen LogP contribution >= 0.6 is 0 Å². The van der Waals surface area contributed by atoms with Crippen molar-refractivity contribution in [2.24, 2.45) is 16.2 Å². The van der Waals surface area contributed by atoms with E-state index in [0.29, 0.717) is 51.4 Å². The number of hydrogen-bond donors (Lipinski definition) is 7. The molecule has 6 saturated heterocycles. The van der Waals surface area contributed by atoms with Gasteiger partial charge >= 0.3 is 41.8 Å². The molecule has 0 radical (unpaired) electrons. The molecule has 115 heavy (non-hydrogen) atoms. The zero-order valence-electron chi connectivity index (χ0n) is 70.0. The van der Waals surface area contributed by atoms with Gasteiger partial charge < -0.3 is 102 Å². The zero-order valence-corrected chi connectivity index (χ0v) is 70.0. The normalized spacial score (nSPS) is 35.6. The van der Waals surface area contributed by atoms with Crippen LogP contribution in [0.25, 0.3) is 0 Å². The lowest BCUT2D eigenvalue weighted by Crippen LogP contribution is -2.62. The Morgan fingerprint density at radius 1 is 0.513 bits per heavy atom. The molecule has 0 unspecified atom stereocenters. The van der Waals surface area contributed by atoms with Gasteiger partial charge in [-0.15, -0.1) is 0 Å². The molecule has 8 aliphatic rings. The highest BCUT2D eigenvalue weighted by Gasteiger charge is 2.61. The van der Waals surface area contributed by atoms with Crippen molar-refractivity contribution in [3.63, 3.8) is 0 Å². The molecule has 0 aromatic carbocycles. The lowest BCUT2D eigenvalue weighted by atomic mass is 9.70. The van der Waals surface area contributed by atoms with E-state index >= 15 is 0 Å². The molecular weight excluding hydrogens is 1490 g/mol. The Bertz CT molecular complexity index is 3410. The maximum absolute atomic E-state index is 13.4. The number of ether oxygens (including phenoxy) is 14. The third kappa shape index (κ3) is 27.7. The van der Waals surface area contributed by atoms with Crippen LogP contribution in [0.3, 0.4) is 0 Å². The van der Waals surface area contributed by atoms with Crippen molar-refractivity contribution in [2.75, 3.05) is 34.5 Å². The minimum Gasteiger partial charge on any atom is -0.493 e. The second-order valence-corrected chi connectivity index (χ2v) is 34.2. The number of cyclic esters (lactones) is 1. The first-order chi connectivity index (χ1) is 54.3. The number of esters is 7. The quantitative estimate of drug-likeness (QED) is 0.0196. The monoisotopic (exact) mass is 1630 g/mol. The second-order valence-electron chi connectivity index (χ2n) is 34.2. The van der Waals surface area contributed by atoms with Crippen LogP contribution in [0.5, 0.6) is 0 Å². The summed E-state index contributed by atoms with van der Waals surface area (Å²) in [6.45, 7) is 23.0. The summed E-state index contributed by atoms with van der Waals surface area (Å²) in [5.41, 5.74) is -1.65. The van der Waals surface area contributed by atoms with Crippen LogP contribution < -0.4 is 0 Å². The largest absolute Gasteiger partial charge is 0.493 e. The van der Waals surface area contributed by atoms with Crippen molar-refractivity contribution in [3.8, 4) is 0 Å². The molecule has 0 amide bonds. The van der Waals surface area contributed by atoms with E-state index in [1.54, 1.807) is 59.8 Å². The van der Waals surface area contributed by atoms with Gasteiger partial charge in [0.15, 0.2) is 18.0 Å². The summed E-state index contributed by atoms with van der Waals surface area (Å²) >= 11 is 0. The Morgan fingerprint density at radius 2 is 0.991 bits per heavy atom. The Morgan fingerprint density at radius 3 is 1.50 bits per heavy atom. The second kappa shape index (κ2) is 44.2. The molecule has 0 saturated carbocycles. The molecule has 8 rings (SSSR count). The third-order valence-electron chi connectivity index (χ3n) is 23.5. The average molecular weight is 1630 g/mol. The predicted octanol–water partition coefficient (Wildman–Crippen LogP) is 10.6. The maximum Gasteiger partial charge on any atom is 0.330 e. The predicted molar refractivity (Wildman–Crippen MR) is 420 cm³/mol. The molecule has 8 heterocycles. The first-order valence-electron chi connectivity index (χ1n) is 41.6. The molecule has 0 spiro atoms. The number of hydrogen-bond acceptors (Lipinski definition) is 28. The topological polar surface area (TPSA) is 390 Å². The number of methoxy groups -OCH3 is 3. The Kier molecular flexibility index (Phi) is 36.8. The van der Waals surface area contributed by atoms with Crippen molar-refractivity contribution in [3.05, 3.63) is 83.7 Å². The van der Waals surface area contributed by atoms with Gasteiger partial charge in [-0.05, 0) is 88.2 Å². The Balaban J connectivity index is 0.000000319. The summed E-state index contributed by atoms with van der Waals surface area (Å²) in [5, 5.41) is 80.9. The smallest absolute Gasteiger partial charge is 0.330 e. The van der Waals surface area contributed by atoms with E-state index < -0.39 is 174 Å². The first-order valence-corrected chi connectivity index (χ1v) is 41.6. The van der Waals surface area contributed by atoms with Gasteiger partial charge in [0.2, 0.25) is 11.6 Å². The van der Waals surface area contributed by atoms with Crippen molar-refractivity contribution in [1.82, 2.24) is 0 Å². The highest BCUT2D eigenvalue weighted by atomic mass is 16.7. The fourth-order valence-corrected chi connectivity index (χ4v) is 16.8. The molecule has 8 aliphatic heterocycles. The highest BCUT2D eigenvalue weighted by molar-refractivity contribution is 5.84. The van der Waals surface area contributed by atoms with E-state index in [2.05, 4.69) is 27.0 Å². The maximum atomic E-state index is 13.4. The average Bonchev–Trinajstić information content (AvgIpc) is 1.36. The van der Waals surface area contributed by atoms with E-state index in [1.807, 2.05) is 6.08 Å². The van der Waals surface area contributed by atoms with Crippen LogP contribution in [0, 0.1) is 16.2 Å². The Hall–Kier alpha value is -6.25. The van der Waals surface area contributed by atoms with Gasteiger partial charge in [-0.2, -0.15) is 0 Å². The minimum absolute atomic E-state index is 0.0515. The van der Waals surface area contributed by atoms with Crippen LogP contribution in [0.15, 0.2) is 83.7 Å². The summed E-state index contributed by atoms with van der Waals surface area (Å²) in [6.07, 6.45) is 12.0. The number of fused-ring (bicyclic) bond motifs is 12. The summed E-state index contributed by atoms with van der Waals surface area (Å²) in [5.74, 6) is -10.7. The minimum atomic E-state index is -2.33. The number of carbonyl (C=O) groups is 7. The molecule has 650 valence electrons. The number of carbonyl (C=O) groups excluding carboxylic acids is 7. The fourth-order valence-electron chi connectivity index (χ4n) is 16.8. The summed E-state index contributed by atoms with van der Waals surface area (Å²) in [6, 6.07) is 0. The molecule has 28 nitrogen and oxygen atoms in total. The van der Waals surface area contributed by atoms with Gasteiger partial charge in [-0.25, -0.2) is 14.4 Å². The molecule has 6 fully saturated rings. The molecule has 0 aromatic rings.